The zero-order chi connectivity index (χ0) is 13.1. The maximum Gasteiger partial charge on any atom is 0.0503 e. The summed E-state index contributed by atoms with van der Waals surface area (Å²) in [4.78, 5) is 0. The molecule has 2 rings (SSSR count). The van der Waals surface area contributed by atoms with Crippen LogP contribution in [0.3, 0.4) is 0 Å². The fourth-order valence-corrected chi connectivity index (χ4v) is 4.90. The number of rotatable bonds is 4. The smallest absolute Gasteiger partial charge is 0.0503 e. The van der Waals surface area contributed by atoms with E-state index in [-0.39, 0.29) is 0 Å². The van der Waals surface area contributed by atoms with E-state index < -0.39 is 10.8 Å². The van der Waals surface area contributed by atoms with Gasteiger partial charge in [-0.25, -0.2) is 0 Å². The van der Waals surface area contributed by atoms with Crippen molar-refractivity contribution < 1.29 is 4.21 Å². The Morgan fingerprint density at radius 2 is 2.11 bits per heavy atom. The minimum absolute atomic E-state index is 0.290. The summed E-state index contributed by atoms with van der Waals surface area (Å²) < 4.78 is 12.5. The van der Waals surface area contributed by atoms with Gasteiger partial charge in [0.25, 0.3) is 0 Å². The van der Waals surface area contributed by atoms with Crippen molar-refractivity contribution in [1.29, 1.82) is 0 Å². The first-order valence-electron chi connectivity index (χ1n) is 6.41. The first-order chi connectivity index (χ1) is 8.63. The van der Waals surface area contributed by atoms with E-state index in [9.17, 15) is 4.21 Å². The highest BCUT2D eigenvalue weighted by atomic mass is 35.5. The van der Waals surface area contributed by atoms with E-state index >= 15 is 0 Å². The maximum absolute atomic E-state index is 12.5. The molecule has 1 saturated carbocycles. The molecule has 4 unspecified atom stereocenters. The monoisotopic (exact) mass is 285 g/mol. The third-order valence-corrected chi connectivity index (χ3v) is 6.25. The van der Waals surface area contributed by atoms with Crippen molar-refractivity contribution in [2.24, 2.45) is 5.92 Å². The van der Waals surface area contributed by atoms with E-state index in [1.54, 1.807) is 0 Å². The highest BCUT2D eigenvalue weighted by molar-refractivity contribution is 7.84. The molecule has 4 atom stereocenters. The highest BCUT2D eigenvalue weighted by Gasteiger charge is 2.35. The predicted molar refractivity (Wildman–Crippen MR) is 78.3 cm³/mol. The lowest BCUT2D eigenvalue weighted by Gasteiger charge is -2.20. The van der Waals surface area contributed by atoms with Gasteiger partial charge in [0, 0.05) is 27.1 Å². The molecule has 0 aromatic heterocycles. The number of benzene rings is 1. The van der Waals surface area contributed by atoms with E-state index in [0.717, 1.165) is 23.4 Å². The fourth-order valence-electron chi connectivity index (χ4n) is 2.78. The molecule has 1 fully saturated rings. The average molecular weight is 286 g/mol. The molecule has 0 saturated heterocycles. The Kier molecular flexibility index (Phi) is 4.82. The maximum atomic E-state index is 12.5. The Morgan fingerprint density at radius 1 is 1.39 bits per heavy atom. The Labute approximate surface area is 117 Å². The summed E-state index contributed by atoms with van der Waals surface area (Å²) in [7, 11) is 1.15. The fraction of sp³-hybridized carbons (Fsp3) is 0.571. The van der Waals surface area contributed by atoms with Crippen LogP contribution in [0.5, 0.6) is 0 Å². The van der Waals surface area contributed by atoms with Gasteiger partial charge in [-0.15, -0.1) is 0 Å². The SMILES string of the molecule is CNC1CCC(S(=O)Cc2ccccc2Cl)C1C. The van der Waals surface area contributed by atoms with Crippen LogP contribution in [-0.2, 0) is 16.6 Å². The number of hydrogen-bond acceptors (Lipinski definition) is 2. The third kappa shape index (κ3) is 2.95. The molecule has 0 radical (unpaired) electrons. The van der Waals surface area contributed by atoms with Gasteiger partial charge in [-0.3, -0.25) is 4.21 Å². The van der Waals surface area contributed by atoms with Gasteiger partial charge >= 0.3 is 0 Å². The summed E-state index contributed by atoms with van der Waals surface area (Å²) in [6, 6.07) is 8.19. The van der Waals surface area contributed by atoms with E-state index in [1.807, 2.05) is 31.3 Å². The molecule has 0 bridgehead atoms. The predicted octanol–water partition coefficient (Wildman–Crippen LogP) is 2.98. The summed E-state index contributed by atoms with van der Waals surface area (Å²) in [5, 5.41) is 4.33. The summed E-state index contributed by atoms with van der Waals surface area (Å²) in [5.41, 5.74) is 0.998. The molecule has 0 heterocycles. The van der Waals surface area contributed by atoms with Gasteiger partial charge in [0.1, 0.15) is 0 Å². The molecule has 0 spiro atoms. The van der Waals surface area contributed by atoms with Gasteiger partial charge < -0.3 is 5.32 Å². The quantitative estimate of drug-likeness (QED) is 0.921. The molecular weight excluding hydrogens is 266 g/mol. The van der Waals surface area contributed by atoms with E-state index in [2.05, 4.69) is 12.2 Å². The average Bonchev–Trinajstić information content (AvgIpc) is 2.73. The van der Waals surface area contributed by atoms with E-state index in [0.29, 0.717) is 23.0 Å². The van der Waals surface area contributed by atoms with Crippen LogP contribution in [0.2, 0.25) is 5.02 Å². The first-order valence-corrected chi connectivity index (χ1v) is 8.17. The minimum atomic E-state index is -0.833. The Hall–Kier alpha value is -0.380. The van der Waals surface area contributed by atoms with Gasteiger partial charge in [0.2, 0.25) is 0 Å². The van der Waals surface area contributed by atoms with Gasteiger partial charge in [-0.1, -0.05) is 36.7 Å². The van der Waals surface area contributed by atoms with Crippen molar-refractivity contribution in [3.63, 3.8) is 0 Å². The van der Waals surface area contributed by atoms with Crippen LogP contribution in [0.1, 0.15) is 25.3 Å². The standard InChI is InChI=1S/C14H20ClNOS/c1-10-13(16-2)7-8-14(10)18(17)9-11-5-3-4-6-12(11)15/h3-6,10,13-14,16H,7-9H2,1-2H3. The van der Waals surface area contributed by atoms with Gasteiger partial charge in [0.05, 0.1) is 5.75 Å². The topological polar surface area (TPSA) is 29.1 Å². The zero-order valence-electron chi connectivity index (χ0n) is 10.9. The highest BCUT2D eigenvalue weighted by Crippen LogP contribution is 2.31. The normalized spacial score (nSPS) is 29.4. The second-order valence-corrected chi connectivity index (χ2v) is 7.05. The van der Waals surface area contributed by atoms with Crippen LogP contribution >= 0.6 is 11.6 Å². The van der Waals surface area contributed by atoms with E-state index in [4.69, 9.17) is 11.6 Å². The van der Waals surface area contributed by atoms with Gasteiger partial charge in [-0.2, -0.15) is 0 Å². The number of nitrogens with one attached hydrogen (secondary N) is 1. The molecule has 2 nitrogen and oxygen atoms in total. The molecule has 18 heavy (non-hydrogen) atoms. The third-order valence-electron chi connectivity index (χ3n) is 3.95. The summed E-state index contributed by atoms with van der Waals surface area (Å²) in [6.07, 6.45) is 2.17. The van der Waals surface area contributed by atoms with Crippen LogP contribution < -0.4 is 5.32 Å². The first kappa shape index (κ1) is 14.0. The van der Waals surface area contributed by atoms with Crippen LogP contribution in [0, 0.1) is 5.92 Å². The zero-order valence-corrected chi connectivity index (χ0v) is 12.4. The summed E-state index contributed by atoms with van der Waals surface area (Å²) >= 11 is 6.12. The summed E-state index contributed by atoms with van der Waals surface area (Å²) in [6.45, 7) is 2.20. The Balaban J connectivity index is 2.03. The molecule has 0 amide bonds. The van der Waals surface area contributed by atoms with Crippen LogP contribution in [0.15, 0.2) is 24.3 Å². The van der Waals surface area contributed by atoms with Crippen LogP contribution in [0.25, 0.3) is 0 Å². The van der Waals surface area contributed by atoms with Crippen molar-refractivity contribution in [2.75, 3.05) is 7.05 Å². The molecule has 1 aliphatic carbocycles. The minimum Gasteiger partial charge on any atom is -0.317 e. The van der Waals surface area contributed by atoms with Gasteiger partial charge in [-0.05, 0) is 37.4 Å². The molecule has 0 aliphatic heterocycles. The summed E-state index contributed by atoms with van der Waals surface area (Å²) in [5.74, 6) is 1.05. The van der Waals surface area contributed by atoms with Crippen molar-refractivity contribution in [3.8, 4) is 0 Å². The second-order valence-electron chi connectivity index (χ2n) is 4.99. The Bertz CT molecular complexity index is 438. The molecular formula is C14H20ClNOS. The van der Waals surface area contributed by atoms with E-state index in [1.165, 1.54) is 0 Å². The molecule has 1 aliphatic rings. The van der Waals surface area contributed by atoms with Crippen LogP contribution in [-0.4, -0.2) is 22.5 Å². The van der Waals surface area contributed by atoms with Crippen molar-refractivity contribution in [1.82, 2.24) is 5.32 Å². The van der Waals surface area contributed by atoms with Crippen molar-refractivity contribution in [3.05, 3.63) is 34.9 Å². The molecule has 1 N–H and O–H groups in total. The van der Waals surface area contributed by atoms with Gasteiger partial charge in [0.15, 0.2) is 0 Å². The number of halogens is 1. The van der Waals surface area contributed by atoms with Crippen LogP contribution in [0.4, 0.5) is 0 Å². The molecule has 100 valence electrons. The largest absolute Gasteiger partial charge is 0.317 e. The lowest BCUT2D eigenvalue weighted by atomic mass is 10.1. The molecule has 1 aromatic rings. The lowest BCUT2D eigenvalue weighted by molar-refractivity contribution is 0.460. The van der Waals surface area contributed by atoms with Crippen molar-refractivity contribution >= 4 is 22.4 Å². The number of hydrogen-bond donors (Lipinski definition) is 1. The van der Waals surface area contributed by atoms with Crippen molar-refractivity contribution in [2.45, 2.75) is 36.8 Å². The Morgan fingerprint density at radius 3 is 2.72 bits per heavy atom. The second kappa shape index (κ2) is 6.18. The lowest BCUT2D eigenvalue weighted by Crippen LogP contribution is -2.32. The molecule has 1 aromatic carbocycles. The molecule has 4 heteroatoms.